The molecule has 6 heteroatoms. The largest absolute Gasteiger partial charge is 0.390 e. The molecule has 116 valence electrons. The molecule has 0 aliphatic carbocycles. The number of rotatable bonds is 3. The second-order valence-corrected chi connectivity index (χ2v) is 5.50. The molecule has 1 aromatic carbocycles. The van der Waals surface area contributed by atoms with Gasteiger partial charge in [-0.2, -0.15) is 13.2 Å². The van der Waals surface area contributed by atoms with Crippen molar-refractivity contribution in [2.75, 3.05) is 6.54 Å². The first-order chi connectivity index (χ1) is 9.79. The summed E-state index contributed by atoms with van der Waals surface area (Å²) in [5.74, 6) is -0.425. The van der Waals surface area contributed by atoms with Gasteiger partial charge in [-0.3, -0.25) is 4.79 Å². The number of hydrogen-bond acceptors (Lipinski definition) is 2. The van der Waals surface area contributed by atoms with Crippen molar-refractivity contribution in [1.29, 1.82) is 0 Å². The molecular formula is C15H19F3N2O. The van der Waals surface area contributed by atoms with E-state index in [0.29, 0.717) is 6.42 Å². The van der Waals surface area contributed by atoms with Gasteiger partial charge >= 0.3 is 6.18 Å². The van der Waals surface area contributed by atoms with Crippen molar-refractivity contribution in [1.82, 2.24) is 4.90 Å². The fourth-order valence-corrected chi connectivity index (χ4v) is 2.88. The van der Waals surface area contributed by atoms with E-state index in [1.165, 1.54) is 4.90 Å². The number of carbonyl (C=O) groups excluding carboxylic acids is 1. The molecule has 0 spiro atoms. The summed E-state index contributed by atoms with van der Waals surface area (Å²) in [6, 6.07) is 8.45. The van der Waals surface area contributed by atoms with Crippen LogP contribution in [0.2, 0.25) is 0 Å². The maximum Gasteiger partial charge on any atom is 0.390 e. The van der Waals surface area contributed by atoms with Crippen LogP contribution >= 0.6 is 0 Å². The quantitative estimate of drug-likeness (QED) is 0.933. The minimum Gasteiger partial charge on any atom is -0.338 e. The Balaban J connectivity index is 2.17. The van der Waals surface area contributed by atoms with E-state index in [9.17, 15) is 18.0 Å². The van der Waals surface area contributed by atoms with Crippen molar-refractivity contribution in [3.63, 3.8) is 0 Å². The maximum absolute atomic E-state index is 12.4. The number of nitrogens with zero attached hydrogens (tertiary/aromatic N) is 1. The third-order valence-corrected chi connectivity index (χ3v) is 4.05. The van der Waals surface area contributed by atoms with Crippen LogP contribution in [0.1, 0.15) is 31.2 Å². The van der Waals surface area contributed by atoms with Crippen LogP contribution in [0.4, 0.5) is 13.2 Å². The number of hydrogen-bond donors (Lipinski definition) is 1. The molecule has 1 aromatic rings. The van der Waals surface area contributed by atoms with Gasteiger partial charge in [0.2, 0.25) is 5.91 Å². The first-order valence-corrected chi connectivity index (χ1v) is 6.97. The lowest BCUT2D eigenvalue weighted by molar-refractivity contribution is -0.151. The standard InChI is InChI=1S/C15H19F3N2O/c1-10-12(11-5-3-2-4-6-11)9-13(19)14(21)20(10)8-7-15(16,17)18/h2-6,10,12-13H,7-9,19H2,1H3. The maximum atomic E-state index is 12.4. The molecule has 0 radical (unpaired) electrons. The van der Waals surface area contributed by atoms with Crippen molar-refractivity contribution >= 4 is 5.91 Å². The zero-order chi connectivity index (χ0) is 15.6. The molecule has 1 amide bonds. The van der Waals surface area contributed by atoms with Crippen molar-refractivity contribution in [2.45, 2.75) is 43.9 Å². The summed E-state index contributed by atoms with van der Waals surface area (Å²) in [6.07, 6.45) is -4.81. The van der Waals surface area contributed by atoms with E-state index >= 15 is 0 Å². The molecule has 1 saturated heterocycles. The van der Waals surface area contributed by atoms with E-state index in [1.54, 1.807) is 6.92 Å². The van der Waals surface area contributed by atoms with Crippen molar-refractivity contribution < 1.29 is 18.0 Å². The van der Waals surface area contributed by atoms with Gasteiger partial charge in [-0.15, -0.1) is 0 Å². The van der Waals surface area contributed by atoms with Gasteiger partial charge in [0, 0.05) is 18.5 Å². The van der Waals surface area contributed by atoms with E-state index in [2.05, 4.69) is 0 Å². The SMILES string of the molecule is CC1C(c2ccccc2)CC(N)C(=O)N1CCC(F)(F)F. The van der Waals surface area contributed by atoms with Gasteiger partial charge in [-0.25, -0.2) is 0 Å². The van der Waals surface area contributed by atoms with Crippen LogP contribution < -0.4 is 5.73 Å². The van der Waals surface area contributed by atoms with Gasteiger partial charge in [-0.1, -0.05) is 30.3 Å². The molecule has 2 rings (SSSR count). The van der Waals surface area contributed by atoms with Crippen molar-refractivity contribution in [3.8, 4) is 0 Å². The summed E-state index contributed by atoms with van der Waals surface area (Å²) < 4.78 is 37.2. The molecule has 2 N–H and O–H groups in total. The van der Waals surface area contributed by atoms with Crippen LogP contribution in [0.5, 0.6) is 0 Å². The molecule has 1 aliphatic rings. The number of amides is 1. The van der Waals surface area contributed by atoms with Crippen LogP contribution in [-0.2, 0) is 4.79 Å². The highest BCUT2D eigenvalue weighted by Gasteiger charge is 2.40. The average Bonchev–Trinajstić information content (AvgIpc) is 2.42. The second kappa shape index (κ2) is 6.05. The number of benzene rings is 1. The molecule has 3 nitrogen and oxygen atoms in total. The molecule has 1 fully saturated rings. The lowest BCUT2D eigenvalue weighted by atomic mass is 9.82. The topological polar surface area (TPSA) is 46.3 Å². The van der Waals surface area contributed by atoms with E-state index in [4.69, 9.17) is 5.73 Å². The molecular weight excluding hydrogens is 281 g/mol. The average molecular weight is 300 g/mol. The molecule has 3 unspecified atom stereocenters. The zero-order valence-corrected chi connectivity index (χ0v) is 11.8. The summed E-state index contributed by atoms with van der Waals surface area (Å²) in [4.78, 5) is 13.3. The Hall–Kier alpha value is -1.56. The van der Waals surface area contributed by atoms with Gasteiger partial charge in [-0.05, 0) is 18.9 Å². The molecule has 21 heavy (non-hydrogen) atoms. The van der Waals surface area contributed by atoms with E-state index in [-0.39, 0.29) is 24.4 Å². The minimum absolute atomic E-state index is 0.0351. The fourth-order valence-electron chi connectivity index (χ4n) is 2.88. The number of nitrogens with two attached hydrogens (primary N) is 1. The van der Waals surface area contributed by atoms with Crippen LogP contribution in [-0.4, -0.2) is 35.6 Å². The summed E-state index contributed by atoms with van der Waals surface area (Å²) in [7, 11) is 0. The smallest absolute Gasteiger partial charge is 0.338 e. The van der Waals surface area contributed by atoms with Gasteiger partial charge < -0.3 is 10.6 Å². The predicted octanol–water partition coefficient (Wildman–Crippen LogP) is 2.67. The fraction of sp³-hybridized carbons (Fsp3) is 0.533. The van der Waals surface area contributed by atoms with Crippen LogP contribution in [0, 0.1) is 0 Å². The Morgan fingerprint density at radius 1 is 1.29 bits per heavy atom. The number of likely N-dealkylation sites (tertiary alicyclic amines) is 1. The number of alkyl halides is 3. The highest BCUT2D eigenvalue weighted by atomic mass is 19.4. The number of halogens is 3. The Bertz CT molecular complexity index is 489. The number of carbonyl (C=O) groups is 1. The van der Waals surface area contributed by atoms with Crippen LogP contribution in [0.3, 0.4) is 0 Å². The lowest BCUT2D eigenvalue weighted by Gasteiger charge is -2.42. The van der Waals surface area contributed by atoms with Gasteiger partial charge in [0.1, 0.15) is 0 Å². The third kappa shape index (κ3) is 3.75. The third-order valence-electron chi connectivity index (χ3n) is 4.05. The molecule has 1 heterocycles. The lowest BCUT2D eigenvalue weighted by Crippen LogP contribution is -2.56. The summed E-state index contributed by atoms with van der Waals surface area (Å²) >= 11 is 0. The Morgan fingerprint density at radius 2 is 1.90 bits per heavy atom. The Labute approximate surface area is 121 Å². The van der Waals surface area contributed by atoms with Crippen LogP contribution in [0.15, 0.2) is 30.3 Å². The molecule has 0 saturated carbocycles. The highest BCUT2D eigenvalue weighted by molar-refractivity contribution is 5.83. The molecule has 0 aromatic heterocycles. The van der Waals surface area contributed by atoms with E-state index < -0.39 is 18.6 Å². The first kappa shape index (κ1) is 15.8. The molecule has 3 atom stereocenters. The van der Waals surface area contributed by atoms with Crippen molar-refractivity contribution in [2.24, 2.45) is 5.73 Å². The molecule has 1 aliphatic heterocycles. The van der Waals surface area contributed by atoms with Gasteiger partial charge in [0.15, 0.2) is 0 Å². The van der Waals surface area contributed by atoms with Crippen molar-refractivity contribution in [3.05, 3.63) is 35.9 Å². The van der Waals surface area contributed by atoms with E-state index in [1.807, 2.05) is 30.3 Å². The summed E-state index contributed by atoms with van der Waals surface area (Å²) in [5, 5.41) is 0. The number of piperidine rings is 1. The zero-order valence-electron chi connectivity index (χ0n) is 11.8. The van der Waals surface area contributed by atoms with Crippen LogP contribution in [0.25, 0.3) is 0 Å². The monoisotopic (exact) mass is 300 g/mol. The summed E-state index contributed by atoms with van der Waals surface area (Å²) in [5.41, 5.74) is 6.83. The molecule has 0 bridgehead atoms. The van der Waals surface area contributed by atoms with Gasteiger partial charge in [0.05, 0.1) is 12.5 Å². The highest BCUT2D eigenvalue weighted by Crippen LogP contribution is 2.33. The Morgan fingerprint density at radius 3 is 2.48 bits per heavy atom. The summed E-state index contributed by atoms with van der Waals surface area (Å²) in [6.45, 7) is 1.46. The second-order valence-electron chi connectivity index (χ2n) is 5.50. The van der Waals surface area contributed by atoms with Gasteiger partial charge in [0.25, 0.3) is 0 Å². The Kier molecular flexibility index (Phi) is 4.56. The first-order valence-electron chi connectivity index (χ1n) is 6.97. The minimum atomic E-state index is -4.27. The van der Waals surface area contributed by atoms with E-state index in [0.717, 1.165) is 5.56 Å². The predicted molar refractivity (Wildman–Crippen MR) is 73.6 cm³/mol. The normalized spacial score (nSPS) is 27.0.